The number of benzene rings is 1. The summed E-state index contributed by atoms with van der Waals surface area (Å²) >= 11 is 6.41. The van der Waals surface area contributed by atoms with Gasteiger partial charge in [0.15, 0.2) is 17.3 Å². The third kappa shape index (κ3) is 2.93. The summed E-state index contributed by atoms with van der Waals surface area (Å²) in [5.41, 5.74) is 2.50. The first-order valence-corrected chi connectivity index (χ1v) is 8.06. The number of ether oxygens (including phenoxy) is 2. The molecule has 1 atom stereocenters. The minimum absolute atomic E-state index is 0.136. The summed E-state index contributed by atoms with van der Waals surface area (Å²) in [6.07, 6.45) is 10.7. The van der Waals surface area contributed by atoms with Gasteiger partial charge in [0.25, 0.3) is 0 Å². The molecule has 2 aliphatic carbocycles. The third-order valence-corrected chi connectivity index (χ3v) is 4.82. The van der Waals surface area contributed by atoms with Crippen molar-refractivity contribution >= 4 is 23.5 Å². The third-order valence-electron chi connectivity index (χ3n) is 4.43. The van der Waals surface area contributed by atoms with Gasteiger partial charge in [0.05, 0.1) is 19.2 Å². The number of fused-ring (bicyclic) bond motifs is 1. The van der Waals surface area contributed by atoms with Crippen molar-refractivity contribution in [1.82, 2.24) is 0 Å². The van der Waals surface area contributed by atoms with Crippen LogP contribution in [0.1, 0.15) is 24.8 Å². The molecule has 4 heteroatoms. The molecule has 0 spiro atoms. The Balaban J connectivity index is 1.97. The number of Topliss-reactive ketones (excluding diaryl/α,β-unsaturated/α-hetero) is 1. The summed E-state index contributed by atoms with van der Waals surface area (Å²) in [5.74, 6) is 1.57. The van der Waals surface area contributed by atoms with Crippen molar-refractivity contribution < 1.29 is 14.3 Å². The largest absolute Gasteiger partial charge is 0.493 e. The zero-order valence-electron chi connectivity index (χ0n) is 13.3. The molecule has 1 saturated carbocycles. The van der Waals surface area contributed by atoms with E-state index in [9.17, 15) is 4.79 Å². The van der Waals surface area contributed by atoms with Gasteiger partial charge < -0.3 is 9.47 Å². The molecule has 2 aliphatic rings. The van der Waals surface area contributed by atoms with Crippen LogP contribution in [0, 0.1) is 5.92 Å². The second-order valence-corrected chi connectivity index (χ2v) is 6.10. The van der Waals surface area contributed by atoms with E-state index in [1.54, 1.807) is 20.3 Å². The van der Waals surface area contributed by atoms with Gasteiger partial charge >= 0.3 is 0 Å². The molecule has 0 N–H and O–H groups in total. The summed E-state index contributed by atoms with van der Waals surface area (Å²) in [4.78, 5) is 12.7. The minimum Gasteiger partial charge on any atom is -0.493 e. The Morgan fingerprint density at radius 3 is 2.83 bits per heavy atom. The SMILES string of the molecule is COc1ccc(C=C2CCC3CC=CC=C3C2=O)c(Cl)c1OC. The highest BCUT2D eigenvalue weighted by Crippen LogP contribution is 2.40. The molecular weight excluding hydrogens is 312 g/mol. The van der Waals surface area contributed by atoms with Crippen LogP contribution in [0.3, 0.4) is 0 Å². The zero-order valence-corrected chi connectivity index (χ0v) is 14.0. The first-order chi connectivity index (χ1) is 11.2. The predicted octanol–water partition coefficient (Wildman–Crippen LogP) is 4.61. The smallest absolute Gasteiger partial charge is 0.185 e. The molecule has 3 rings (SSSR count). The van der Waals surface area contributed by atoms with Crippen LogP contribution in [0.5, 0.6) is 11.5 Å². The number of halogens is 1. The maximum Gasteiger partial charge on any atom is 0.185 e. The van der Waals surface area contributed by atoms with Crippen molar-refractivity contribution in [3.63, 3.8) is 0 Å². The van der Waals surface area contributed by atoms with E-state index in [0.717, 1.165) is 36.0 Å². The van der Waals surface area contributed by atoms with Crippen LogP contribution < -0.4 is 9.47 Å². The standard InChI is InChI=1S/C19H19ClO3/c1-22-16-10-9-13(17(20)19(16)23-2)11-14-8-7-12-5-3-4-6-15(12)18(14)21/h3-4,6,9-12H,5,7-8H2,1-2H3. The molecule has 0 amide bonds. The van der Waals surface area contributed by atoms with E-state index in [1.165, 1.54) is 0 Å². The summed E-state index contributed by atoms with van der Waals surface area (Å²) in [6, 6.07) is 3.65. The highest BCUT2D eigenvalue weighted by atomic mass is 35.5. The average Bonchev–Trinajstić information content (AvgIpc) is 2.58. The van der Waals surface area contributed by atoms with E-state index >= 15 is 0 Å². The van der Waals surface area contributed by atoms with Gasteiger partial charge in [0.2, 0.25) is 0 Å². The van der Waals surface area contributed by atoms with Crippen molar-refractivity contribution in [3.8, 4) is 11.5 Å². The van der Waals surface area contributed by atoms with Gasteiger partial charge in [0, 0.05) is 11.1 Å². The van der Waals surface area contributed by atoms with Crippen LogP contribution in [0.4, 0.5) is 0 Å². The lowest BCUT2D eigenvalue weighted by Gasteiger charge is -2.27. The van der Waals surface area contributed by atoms with Gasteiger partial charge in [-0.05, 0) is 49.0 Å². The maximum absolute atomic E-state index is 12.7. The maximum atomic E-state index is 12.7. The first kappa shape index (κ1) is 15.9. The molecule has 0 bridgehead atoms. The lowest BCUT2D eigenvalue weighted by Crippen LogP contribution is -2.22. The molecule has 1 unspecified atom stereocenters. The number of hydrogen-bond donors (Lipinski definition) is 0. The topological polar surface area (TPSA) is 35.5 Å². The van der Waals surface area contributed by atoms with Crippen LogP contribution in [-0.2, 0) is 4.79 Å². The molecule has 120 valence electrons. The van der Waals surface area contributed by atoms with Crippen molar-refractivity contribution in [1.29, 1.82) is 0 Å². The summed E-state index contributed by atoms with van der Waals surface area (Å²) < 4.78 is 10.6. The van der Waals surface area contributed by atoms with E-state index in [4.69, 9.17) is 21.1 Å². The van der Waals surface area contributed by atoms with Gasteiger partial charge in [0.1, 0.15) is 0 Å². The molecular formula is C19H19ClO3. The quantitative estimate of drug-likeness (QED) is 0.759. The van der Waals surface area contributed by atoms with Gasteiger partial charge in [-0.1, -0.05) is 29.8 Å². The molecule has 0 heterocycles. The molecule has 0 radical (unpaired) electrons. The average molecular weight is 331 g/mol. The second-order valence-electron chi connectivity index (χ2n) is 5.72. The van der Waals surface area contributed by atoms with Crippen molar-refractivity contribution in [2.24, 2.45) is 5.92 Å². The Labute approximate surface area is 141 Å². The Kier molecular flexibility index (Phi) is 4.58. The highest BCUT2D eigenvalue weighted by molar-refractivity contribution is 6.34. The molecule has 0 aliphatic heterocycles. The van der Waals surface area contributed by atoms with Gasteiger partial charge in [-0.2, -0.15) is 0 Å². The molecule has 1 aromatic carbocycles. The Hall–Kier alpha value is -2.00. The fourth-order valence-electron chi connectivity index (χ4n) is 3.18. The number of carbonyl (C=O) groups is 1. The van der Waals surface area contributed by atoms with Crippen LogP contribution >= 0.6 is 11.6 Å². The Bertz CT molecular complexity index is 728. The van der Waals surface area contributed by atoms with Gasteiger partial charge in [-0.25, -0.2) is 0 Å². The number of carbonyl (C=O) groups excluding carboxylic acids is 1. The van der Waals surface area contributed by atoms with Crippen LogP contribution in [0.15, 0.2) is 41.5 Å². The molecule has 23 heavy (non-hydrogen) atoms. The fraction of sp³-hybridized carbons (Fsp3) is 0.316. The first-order valence-electron chi connectivity index (χ1n) is 7.68. The lowest BCUT2D eigenvalue weighted by atomic mass is 9.76. The monoisotopic (exact) mass is 330 g/mol. The number of methoxy groups -OCH3 is 2. The number of allylic oxidation sites excluding steroid dienone is 5. The van der Waals surface area contributed by atoms with E-state index in [-0.39, 0.29) is 5.78 Å². The minimum atomic E-state index is 0.136. The van der Waals surface area contributed by atoms with Crippen molar-refractivity contribution in [2.45, 2.75) is 19.3 Å². The second kappa shape index (κ2) is 6.63. The predicted molar refractivity (Wildman–Crippen MR) is 92.1 cm³/mol. The number of ketones is 1. The van der Waals surface area contributed by atoms with E-state index < -0.39 is 0 Å². The van der Waals surface area contributed by atoms with E-state index in [1.807, 2.05) is 24.3 Å². The van der Waals surface area contributed by atoms with Gasteiger partial charge in [-0.3, -0.25) is 4.79 Å². The molecule has 0 saturated heterocycles. The normalized spacial score (nSPS) is 21.9. The summed E-state index contributed by atoms with van der Waals surface area (Å²) in [6.45, 7) is 0. The van der Waals surface area contributed by atoms with Crippen molar-refractivity contribution in [2.75, 3.05) is 14.2 Å². The summed E-state index contributed by atoms with van der Waals surface area (Å²) in [7, 11) is 3.12. The van der Waals surface area contributed by atoms with Crippen LogP contribution in [0.2, 0.25) is 5.02 Å². The molecule has 1 aromatic rings. The van der Waals surface area contributed by atoms with Crippen LogP contribution in [0.25, 0.3) is 6.08 Å². The Morgan fingerprint density at radius 2 is 2.09 bits per heavy atom. The molecule has 1 fully saturated rings. The fourth-order valence-corrected chi connectivity index (χ4v) is 3.47. The number of rotatable bonds is 3. The molecule has 3 nitrogen and oxygen atoms in total. The Morgan fingerprint density at radius 1 is 1.26 bits per heavy atom. The van der Waals surface area contributed by atoms with Crippen molar-refractivity contribution in [3.05, 3.63) is 52.1 Å². The van der Waals surface area contributed by atoms with E-state index in [2.05, 4.69) is 6.08 Å². The van der Waals surface area contributed by atoms with Crippen LogP contribution in [-0.4, -0.2) is 20.0 Å². The zero-order chi connectivity index (χ0) is 16.4. The number of hydrogen-bond acceptors (Lipinski definition) is 3. The van der Waals surface area contributed by atoms with Gasteiger partial charge in [-0.15, -0.1) is 0 Å². The summed E-state index contributed by atoms with van der Waals surface area (Å²) in [5, 5.41) is 0.465. The highest BCUT2D eigenvalue weighted by Gasteiger charge is 2.29. The lowest BCUT2D eigenvalue weighted by molar-refractivity contribution is -0.113. The molecule has 0 aromatic heterocycles. The van der Waals surface area contributed by atoms with E-state index in [0.29, 0.717) is 22.4 Å².